The van der Waals surface area contributed by atoms with Gasteiger partial charge in [-0.1, -0.05) is 0 Å². The lowest BCUT2D eigenvalue weighted by Crippen LogP contribution is -2.38. The minimum atomic E-state index is -0.797. The van der Waals surface area contributed by atoms with Gasteiger partial charge in [-0.05, 0) is 26.7 Å². The monoisotopic (exact) mass is 295 g/mol. The summed E-state index contributed by atoms with van der Waals surface area (Å²) >= 11 is 0. The Morgan fingerprint density at radius 3 is 2.81 bits per heavy atom. The first-order valence-corrected chi connectivity index (χ1v) is 7.70. The fourth-order valence-corrected chi connectivity index (χ4v) is 2.72. The van der Waals surface area contributed by atoms with Crippen molar-refractivity contribution >= 4 is 5.97 Å². The van der Waals surface area contributed by atoms with Crippen LogP contribution in [0.5, 0.6) is 0 Å². The summed E-state index contributed by atoms with van der Waals surface area (Å²) < 4.78 is 7.58. The zero-order valence-corrected chi connectivity index (χ0v) is 12.9. The van der Waals surface area contributed by atoms with Crippen LogP contribution in [0.3, 0.4) is 0 Å². The van der Waals surface area contributed by atoms with E-state index in [-0.39, 0.29) is 12.5 Å². The van der Waals surface area contributed by atoms with Crippen molar-refractivity contribution in [3.63, 3.8) is 0 Å². The van der Waals surface area contributed by atoms with Crippen molar-refractivity contribution in [2.75, 3.05) is 19.7 Å². The van der Waals surface area contributed by atoms with Gasteiger partial charge in [0.25, 0.3) is 0 Å². The maximum atomic E-state index is 10.5. The van der Waals surface area contributed by atoms with Crippen LogP contribution in [-0.2, 0) is 16.1 Å². The van der Waals surface area contributed by atoms with Gasteiger partial charge in [0.2, 0.25) is 0 Å². The molecule has 1 aliphatic heterocycles. The van der Waals surface area contributed by atoms with E-state index in [4.69, 9.17) is 9.84 Å². The van der Waals surface area contributed by atoms with Crippen LogP contribution in [0.25, 0.3) is 0 Å². The van der Waals surface area contributed by atoms with Gasteiger partial charge in [-0.2, -0.15) is 5.10 Å². The number of hydrogen-bond acceptors (Lipinski definition) is 4. The molecule has 6 heteroatoms. The molecule has 0 aliphatic carbocycles. The van der Waals surface area contributed by atoms with Crippen molar-refractivity contribution < 1.29 is 14.6 Å². The number of aromatic nitrogens is 2. The molecule has 2 rings (SSSR count). The largest absolute Gasteiger partial charge is 0.481 e. The minimum Gasteiger partial charge on any atom is -0.481 e. The van der Waals surface area contributed by atoms with Crippen molar-refractivity contribution in [2.24, 2.45) is 0 Å². The summed E-state index contributed by atoms with van der Waals surface area (Å²) in [5.74, 6) is -0.797. The van der Waals surface area contributed by atoms with Crippen molar-refractivity contribution in [2.45, 2.75) is 51.8 Å². The third kappa shape index (κ3) is 4.54. The Hall–Kier alpha value is -1.40. The third-order valence-electron chi connectivity index (χ3n) is 4.15. The molecule has 2 heterocycles. The summed E-state index contributed by atoms with van der Waals surface area (Å²) in [6.45, 7) is 7.47. The van der Waals surface area contributed by atoms with Gasteiger partial charge in [0.1, 0.15) is 0 Å². The van der Waals surface area contributed by atoms with Crippen molar-refractivity contribution in [1.29, 1.82) is 0 Å². The number of carbonyl (C=O) groups is 1. The Morgan fingerprint density at radius 1 is 1.52 bits per heavy atom. The molecule has 0 saturated carbocycles. The summed E-state index contributed by atoms with van der Waals surface area (Å²) in [6, 6.07) is 0.366. The number of hydrogen-bond donors (Lipinski definition) is 1. The molecular formula is C15H25N3O3. The van der Waals surface area contributed by atoms with E-state index in [2.05, 4.69) is 30.0 Å². The molecule has 1 aromatic rings. The lowest BCUT2D eigenvalue weighted by atomic mass is 10.0. The van der Waals surface area contributed by atoms with E-state index >= 15 is 0 Å². The van der Waals surface area contributed by atoms with Crippen LogP contribution in [0.2, 0.25) is 0 Å². The summed E-state index contributed by atoms with van der Waals surface area (Å²) in [4.78, 5) is 12.9. The number of rotatable bonds is 7. The number of piperidine rings is 1. The number of nitrogens with zero attached hydrogens (tertiary/aromatic N) is 3. The number of carboxylic acid groups (broad SMARTS) is 1. The van der Waals surface area contributed by atoms with Crippen LogP contribution in [0.4, 0.5) is 0 Å². The summed E-state index contributed by atoms with van der Waals surface area (Å²) in [7, 11) is 0. The molecule has 1 fully saturated rings. The number of aliphatic carboxylic acids is 1. The van der Waals surface area contributed by atoms with Crippen LogP contribution < -0.4 is 0 Å². The molecule has 118 valence electrons. The highest BCUT2D eigenvalue weighted by Crippen LogP contribution is 2.24. The second-order valence-electron chi connectivity index (χ2n) is 5.56. The van der Waals surface area contributed by atoms with Crippen molar-refractivity contribution in [1.82, 2.24) is 14.7 Å². The molecule has 1 aliphatic rings. The number of carboxylic acids is 1. The van der Waals surface area contributed by atoms with E-state index in [1.165, 1.54) is 5.56 Å². The van der Waals surface area contributed by atoms with Crippen LogP contribution >= 0.6 is 0 Å². The molecular weight excluding hydrogens is 270 g/mol. The van der Waals surface area contributed by atoms with Crippen LogP contribution in [0, 0.1) is 0 Å². The highest BCUT2D eigenvalue weighted by atomic mass is 16.5. The molecule has 1 saturated heterocycles. The standard InChI is InChI=1S/C15H25N3O3/c1-3-18-11-13(10-16-18)12(2)17-7-4-14(5-8-17)21-9-6-15(19)20/h10-12,14H,3-9H2,1-2H3,(H,19,20). The van der Waals surface area contributed by atoms with E-state index in [1.54, 1.807) is 0 Å². The summed E-state index contributed by atoms with van der Waals surface area (Å²) in [5.41, 5.74) is 1.25. The first-order chi connectivity index (χ1) is 10.1. The Labute approximate surface area is 125 Å². The Morgan fingerprint density at radius 2 is 2.24 bits per heavy atom. The SMILES string of the molecule is CCn1cc(C(C)N2CCC(OCCC(=O)O)CC2)cn1. The van der Waals surface area contributed by atoms with Gasteiger partial charge in [0, 0.05) is 37.4 Å². The molecule has 1 atom stereocenters. The smallest absolute Gasteiger partial charge is 0.305 e. The lowest BCUT2D eigenvalue weighted by molar-refractivity contribution is -0.138. The Bertz CT molecular complexity index is 453. The molecule has 1 aromatic heterocycles. The summed E-state index contributed by atoms with van der Waals surface area (Å²) in [6.07, 6.45) is 6.28. The van der Waals surface area contributed by atoms with E-state index in [0.29, 0.717) is 12.6 Å². The molecule has 0 bridgehead atoms. The quantitative estimate of drug-likeness (QED) is 0.832. The molecule has 1 unspecified atom stereocenters. The molecule has 0 amide bonds. The van der Waals surface area contributed by atoms with Crippen LogP contribution in [0.1, 0.15) is 44.7 Å². The van der Waals surface area contributed by atoms with E-state index < -0.39 is 5.97 Å². The third-order valence-corrected chi connectivity index (χ3v) is 4.15. The average Bonchev–Trinajstić information content (AvgIpc) is 2.96. The topological polar surface area (TPSA) is 67.6 Å². The van der Waals surface area contributed by atoms with Crippen LogP contribution in [0.15, 0.2) is 12.4 Å². The molecule has 21 heavy (non-hydrogen) atoms. The highest BCUT2D eigenvalue weighted by molar-refractivity contribution is 5.66. The second-order valence-corrected chi connectivity index (χ2v) is 5.56. The van der Waals surface area contributed by atoms with Gasteiger partial charge in [-0.3, -0.25) is 14.4 Å². The second kappa shape index (κ2) is 7.56. The molecule has 1 N–H and O–H groups in total. The zero-order valence-electron chi connectivity index (χ0n) is 12.9. The molecule has 0 radical (unpaired) electrons. The van der Waals surface area contributed by atoms with Crippen molar-refractivity contribution in [3.05, 3.63) is 18.0 Å². The van der Waals surface area contributed by atoms with Gasteiger partial charge in [-0.25, -0.2) is 0 Å². The normalized spacial score (nSPS) is 18.8. The average molecular weight is 295 g/mol. The zero-order chi connectivity index (χ0) is 15.2. The number of ether oxygens (including phenoxy) is 1. The lowest BCUT2D eigenvalue weighted by Gasteiger charge is -2.35. The summed E-state index contributed by atoms with van der Waals surface area (Å²) in [5, 5.41) is 12.9. The first kappa shape index (κ1) is 16.0. The number of aryl methyl sites for hydroxylation is 1. The van der Waals surface area contributed by atoms with Crippen LogP contribution in [-0.4, -0.2) is 51.6 Å². The van der Waals surface area contributed by atoms with E-state index in [0.717, 1.165) is 32.5 Å². The van der Waals surface area contributed by atoms with Gasteiger partial charge in [0.15, 0.2) is 0 Å². The van der Waals surface area contributed by atoms with E-state index in [1.807, 2.05) is 10.9 Å². The Balaban J connectivity index is 1.76. The molecule has 6 nitrogen and oxygen atoms in total. The van der Waals surface area contributed by atoms with Crippen molar-refractivity contribution in [3.8, 4) is 0 Å². The maximum Gasteiger partial charge on any atom is 0.305 e. The highest BCUT2D eigenvalue weighted by Gasteiger charge is 2.24. The van der Waals surface area contributed by atoms with Gasteiger partial charge >= 0.3 is 5.97 Å². The fraction of sp³-hybridized carbons (Fsp3) is 0.733. The predicted molar refractivity (Wildman–Crippen MR) is 79.1 cm³/mol. The Kier molecular flexibility index (Phi) is 5.76. The van der Waals surface area contributed by atoms with Gasteiger partial charge in [-0.15, -0.1) is 0 Å². The van der Waals surface area contributed by atoms with Gasteiger partial charge < -0.3 is 9.84 Å². The first-order valence-electron chi connectivity index (χ1n) is 7.70. The minimum absolute atomic E-state index is 0.0901. The van der Waals surface area contributed by atoms with Gasteiger partial charge in [0.05, 0.1) is 25.3 Å². The fourth-order valence-electron chi connectivity index (χ4n) is 2.72. The number of likely N-dealkylation sites (tertiary alicyclic amines) is 1. The predicted octanol–water partition coefficient (Wildman–Crippen LogP) is 1.92. The molecule has 0 aromatic carbocycles. The van der Waals surface area contributed by atoms with E-state index in [9.17, 15) is 4.79 Å². The maximum absolute atomic E-state index is 10.5. The molecule has 0 spiro atoms.